The predicted octanol–water partition coefficient (Wildman–Crippen LogP) is 18.4. The van der Waals surface area contributed by atoms with Crippen molar-refractivity contribution in [3.8, 4) is 22.3 Å². The van der Waals surface area contributed by atoms with Crippen molar-refractivity contribution in [1.82, 2.24) is 39.1 Å². The number of aromatic amines is 1. The van der Waals surface area contributed by atoms with Crippen molar-refractivity contribution in [2.45, 2.75) is 69.2 Å². The second-order valence-electron chi connectivity index (χ2n) is 23.4. The molecule has 15 heteroatoms. The molecule has 0 aliphatic rings. The number of nitrogens with zero attached hydrogens (tertiary/aromatic N) is 7. The van der Waals surface area contributed by atoms with E-state index in [-0.39, 0.29) is 0 Å². The van der Waals surface area contributed by atoms with Crippen LogP contribution >= 0.6 is 43.5 Å². The zero-order valence-electron chi connectivity index (χ0n) is 48.9. The smallest absolute Gasteiger partial charge is 0.142 e. The summed E-state index contributed by atoms with van der Waals surface area (Å²) in [6.45, 7) is 16.1. The van der Waals surface area contributed by atoms with Gasteiger partial charge in [-0.3, -0.25) is 9.36 Å². The van der Waals surface area contributed by atoms with Crippen LogP contribution < -0.4 is 0 Å². The van der Waals surface area contributed by atoms with Gasteiger partial charge < -0.3 is 19.0 Å². The van der Waals surface area contributed by atoms with Crippen LogP contribution in [0.25, 0.3) is 44.3 Å². The molecule has 6 aromatic carbocycles. The van der Waals surface area contributed by atoms with Crippen molar-refractivity contribution >= 4 is 81.7 Å². The van der Waals surface area contributed by atoms with Crippen LogP contribution in [0.2, 0.25) is 51.4 Å². The van der Waals surface area contributed by atoms with E-state index in [2.05, 4.69) is 308 Å². The van der Waals surface area contributed by atoms with Gasteiger partial charge in [0.25, 0.3) is 0 Å². The molecule has 0 saturated heterocycles. The molecule has 10 nitrogen and oxygen atoms in total. The van der Waals surface area contributed by atoms with Gasteiger partial charge in [-0.2, -0.15) is 10.2 Å². The van der Waals surface area contributed by atoms with Crippen LogP contribution in [0.15, 0.2) is 253 Å². The number of hydrogen-bond acceptors (Lipinski definition) is 6. The number of fused-ring (bicyclic) bond motifs is 2. The third-order valence-electron chi connectivity index (χ3n) is 15.1. The van der Waals surface area contributed by atoms with Gasteiger partial charge in [0.05, 0.1) is 12.4 Å². The summed E-state index contributed by atoms with van der Waals surface area (Å²) in [5, 5.41) is 12.2. The Morgan fingerprint density at radius 3 is 1.25 bits per heavy atom. The van der Waals surface area contributed by atoms with Crippen molar-refractivity contribution in [2.24, 2.45) is 0 Å². The highest BCUT2D eigenvalue weighted by atomic mass is 79.9. The van der Waals surface area contributed by atoms with E-state index in [1.807, 2.05) is 24.8 Å². The van der Waals surface area contributed by atoms with Crippen molar-refractivity contribution < 1.29 is 9.47 Å². The molecule has 0 unspecified atom stereocenters. The van der Waals surface area contributed by atoms with Crippen molar-refractivity contribution in [1.29, 1.82) is 0 Å². The monoisotopic (exact) mass is 1300 g/mol. The van der Waals surface area contributed by atoms with Gasteiger partial charge in [0.1, 0.15) is 35.2 Å². The number of halogens is 3. The van der Waals surface area contributed by atoms with E-state index in [4.69, 9.17) is 36.3 Å². The van der Waals surface area contributed by atoms with Crippen molar-refractivity contribution in [2.75, 3.05) is 19.3 Å². The van der Waals surface area contributed by atoms with E-state index >= 15 is 0 Å². The molecule has 6 heterocycles. The summed E-state index contributed by atoms with van der Waals surface area (Å²) in [6, 6.07) is 70.5. The Labute approximate surface area is 523 Å². The summed E-state index contributed by atoms with van der Waals surface area (Å²) in [5.74, 6) is 0. The van der Waals surface area contributed by atoms with Crippen LogP contribution in [0.5, 0.6) is 0 Å². The summed E-state index contributed by atoms with van der Waals surface area (Å²) in [7, 11) is -2.05. The molecule has 432 valence electrons. The number of nitrogens with one attached hydrogen (secondary N) is 1. The summed E-state index contributed by atoms with van der Waals surface area (Å²) in [6.07, 6.45) is 16.0. The van der Waals surface area contributed by atoms with Gasteiger partial charge in [-0.15, -0.1) is 0 Å². The minimum absolute atomic E-state index is 0.338. The lowest BCUT2D eigenvalue weighted by molar-refractivity contribution is 0.0899. The molecular formula is C70H71Br2ClN8O2Si2. The predicted molar refractivity (Wildman–Crippen MR) is 362 cm³/mol. The van der Waals surface area contributed by atoms with E-state index in [9.17, 15) is 0 Å². The Kier molecular flexibility index (Phi) is 19.6. The molecule has 0 spiro atoms. The fraction of sp³-hybridized carbons (Fsp3) is 0.200. The maximum absolute atomic E-state index is 6.14. The molecule has 0 aliphatic heterocycles. The highest BCUT2D eigenvalue weighted by Crippen LogP contribution is 2.44. The van der Waals surface area contributed by atoms with Gasteiger partial charge in [-0.1, -0.05) is 233 Å². The Hall–Kier alpha value is -7.28. The lowest BCUT2D eigenvalue weighted by Gasteiger charge is -2.36. The first-order chi connectivity index (χ1) is 41.2. The molecule has 0 amide bonds. The molecule has 0 atom stereocenters. The van der Waals surface area contributed by atoms with Gasteiger partial charge in [-0.05, 0) is 89.5 Å². The highest BCUT2D eigenvalue weighted by Gasteiger charge is 2.41. The number of ether oxygens (including phenoxy) is 2. The van der Waals surface area contributed by atoms with E-state index < -0.39 is 27.2 Å². The summed E-state index contributed by atoms with van der Waals surface area (Å²) < 4.78 is 19.3. The number of rotatable bonds is 19. The van der Waals surface area contributed by atoms with E-state index in [1.54, 1.807) is 6.20 Å². The third kappa shape index (κ3) is 13.9. The van der Waals surface area contributed by atoms with Crippen LogP contribution in [0.1, 0.15) is 33.4 Å². The maximum Gasteiger partial charge on any atom is 0.142 e. The van der Waals surface area contributed by atoms with E-state index in [0.717, 1.165) is 106 Å². The van der Waals surface area contributed by atoms with Gasteiger partial charge in [0.2, 0.25) is 0 Å². The minimum atomic E-state index is -1.17. The molecule has 12 rings (SSSR count). The van der Waals surface area contributed by atoms with Crippen LogP contribution in [0, 0.1) is 0 Å². The average Bonchev–Trinajstić information content (AvgIpc) is 3.68. The number of aromatic nitrogens is 8. The average molecular weight is 1310 g/mol. The molecule has 0 aliphatic carbocycles. The van der Waals surface area contributed by atoms with E-state index in [1.165, 1.54) is 6.04 Å². The Morgan fingerprint density at radius 1 is 0.471 bits per heavy atom. The molecule has 0 fully saturated rings. The van der Waals surface area contributed by atoms with E-state index in [0.29, 0.717) is 12.8 Å². The summed E-state index contributed by atoms with van der Waals surface area (Å²) in [4.78, 5) is 12.6. The number of alkyl halides is 1. The summed E-state index contributed by atoms with van der Waals surface area (Å²) in [5.41, 5.74) is 11.5. The highest BCUT2D eigenvalue weighted by molar-refractivity contribution is 9.10. The van der Waals surface area contributed by atoms with Gasteiger partial charge >= 0.3 is 0 Å². The lowest BCUT2D eigenvalue weighted by Crippen LogP contribution is -2.38. The minimum Gasteiger partial charge on any atom is -0.366 e. The number of H-pyrrole nitrogens is 1. The lowest BCUT2D eigenvalue weighted by atomic mass is 9.77. The fourth-order valence-electron chi connectivity index (χ4n) is 10.8. The molecule has 85 heavy (non-hydrogen) atoms. The van der Waals surface area contributed by atoms with Crippen molar-refractivity contribution in [3.63, 3.8) is 0 Å². The summed E-state index contributed by atoms with van der Waals surface area (Å²) >= 11 is 12.5. The quantitative estimate of drug-likeness (QED) is 0.0375. The Bertz CT molecular complexity index is 3850. The molecule has 6 aromatic heterocycles. The zero-order chi connectivity index (χ0) is 59.4. The number of benzene rings is 6. The standard InChI is InChI=1S/C35H35BrN4OSi.C29H21BrN4.C6H15ClOSi/c1-42(2,3)20-19-41-26-39-25-33(32-21-31(36)23-37-34(32)39)27-22-38-40(24-27)35(28-13-7-4-8-14-28,29-15-9-5-10-16-29)30-17-11-6-12-18-30;30-25-16-26-27(19-32-28(26)31-18-25)21-17-33-34(20-21)29(22-10-4-1-5-11-22,23-12-6-2-7-13-23)24-14-8-3-9-15-24;1-9(2,3)5-4-8-6-7/h4-18,21-25H,19-20,26H2,1-3H3;1-20H,(H,31,32);4-6H2,1-3H3. The van der Waals surface area contributed by atoms with Gasteiger partial charge in [0, 0.05) is 109 Å². The molecule has 0 bridgehead atoms. The Morgan fingerprint density at radius 2 is 0.847 bits per heavy atom. The maximum atomic E-state index is 6.14. The topological polar surface area (TPSA) is 101 Å². The number of pyridine rings is 2. The van der Waals surface area contributed by atoms with Crippen LogP contribution in [-0.4, -0.2) is 74.5 Å². The molecule has 0 radical (unpaired) electrons. The Balaban J connectivity index is 0.000000168. The van der Waals surface area contributed by atoms with Crippen LogP contribution in [0.4, 0.5) is 0 Å². The molecule has 1 N–H and O–H groups in total. The first-order valence-corrected chi connectivity index (χ1v) is 38.2. The zero-order valence-corrected chi connectivity index (χ0v) is 54.8. The van der Waals surface area contributed by atoms with Crippen LogP contribution in [0.3, 0.4) is 0 Å². The fourth-order valence-corrected chi connectivity index (χ4v) is 13.1. The number of hydrogen-bond donors (Lipinski definition) is 1. The molecule has 12 aromatic rings. The second-order valence-corrected chi connectivity index (χ2v) is 36.7. The normalized spacial score (nSPS) is 12.0. The third-order valence-corrected chi connectivity index (χ3v) is 19.5. The first-order valence-electron chi connectivity index (χ1n) is 28.6. The van der Waals surface area contributed by atoms with Gasteiger partial charge in [0.15, 0.2) is 0 Å². The van der Waals surface area contributed by atoms with Crippen molar-refractivity contribution in [3.05, 3.63) is 286 Å². The first kappa shape index (κ1) is 60.8. The second kappa shape index (κ2) is 27.4. The van der Waals surface area contributed by atoms with Crippen LogP contribution in [-0.2, 0) is 27.3 Å². The molecular weight excluding hydrogens is 1240 g/mol. The van der Waals surface area contributed by atoms with Gasteiger partial charge in [-0.25, -0.2) is 9.97 Å². The SMILES string of the molecule is Brc1cnc2[nH]cc(-c3cnn(C(c4ccccc4)(c4ccccc4)c4ccccc4)c3)c2c1.C[Si](C)(C)CCOCCl.C[Si](C)(C)CCOCn1cc(-c2cnn(C(c3ccccc3)(c3ccccc3)c3ccccc3)c2)c2cc(Br)cnc21. The largest absolute Gasteiger partial charge is 0.366 e. The molecule has 0 saturated carbocycles.